The number of hydrogen-bond donors (Lipinski definition) is 0. The third-order valence-electron chi connectivity index (χ3n) is 5.25. The molecule has 0 spiro atoms. The normalized spacial score (nSPS) is 14.3. The van der Waals surface area contributed by atoms with Crippen molar-refractivity contribution in [1.82, 2.24) is 0 Å². The number of amides is 1. The lowest BCUT2D eigenvalue weighted by Gasteiger charge is -2.22. The summed E-state index contributed by atoms with van der Waals surface area (Å²) in [5, 5.41) is 12.0. The second-order valence-corrected chi connectivity index (χ2v) is 7.83. The van der Waals surface area contributed by atoms with Gasteiger partial charge in [0.05, 0.1) is 30.0 Å². The van der Waals surface area contributed by atoms with E-state index in [1.165, 1.54) is 30.2 Å². The molecule has 1 aliphatic heterocycles. The maximum atomic E-state index is 13.6. The highest BCUT2D eigenvalue weighted by Gasteiger charge is 2.33. The highest BCUT2D eigenvalue weighted by Crippen LogP contribution is 2.41. The lowest BCUT2D eigenvalue weighted by atomic mass is 10.1. The minimum Gasteiger partial charge on any atom is -0.495 e. The number of carbonyl (C=O) groups excluding carboxylic acids is 1. The van der Waals surface area contributed by atoms with Crippen molar-refractivity contribution in [2.75, 3.05) is 18.6 Å². The molecule has 1 heterocycles. The number of benzene rings is 3. The molecule has 0 bridgehead atoms. The molecule has 4 rings (SSSR count). The van der Waals surface area contributed by atoms with Gasteiger partial charge in [-0.1, -0.05) is 35.9 Å². The second kappa shape index (κ2) is 9.80. The number of rotatable bonds is 7. The van der Waals surface area contributed by atoms with Gasteiger partial charge in [0.15, 0.2) is 0 Å². The number of nitrogens with zero attached hydrogens (tertiary/aromatic N) is 2. The lowest BCUT2D eigenvalue weighted by molar-refractivity contribution is -0.384. The summed E-state index contributed by atoms with van der Waals surface area (Å²) >= 11 is 6.06. The van der Waals surface area contributed by atoms with Gasteiger partial charge in [0.2, 0.25) is 0 Å². The van der Waals surface area contributed by atoms with Crippen LogP contribution in [0.15, 0.2) is 78.4 Å². The topological polar surface area (TPSA) is 81.9 Å². The summed E-state index contributed by atoms with van der Waals surface area (Å²) in [6.07, 6.45) is 3.51. The molecule has 8 heteroatoms. The summed E-state index contributed by atoms with van der Waals surface area (Å²) in [6.45, 7) is 2.47. The zero-order valence-electron chi connectivity index (χ0n) is 18.5. The molecule has 0 unspecified atom stereocenters. The molecule has 1 aliphatic rings. The van der Waals surface area contributed by atoms with Gasteiger partial charge in [-0.2, -0.15) is 0 Å². The number of halogens is 1. The van der Waals surface area contributed by atoms with Crippen LogP contribution in [0.4, 0.5) is 11.4 Å². The molecule has 0 saturated heterocycles. The van der Waals surface area contributed by atoms with Gasteiger partial charge >= 0.3 is 0 Å². The molecule has 0 N–H and O–H groups in total. The number of ether oxygens (including phenoxy) is 2. The average molecular weight is 477 g/mol. The van der Waals surface area contributed by atoms with Crippen LogP contribution in [0.5, 0.6) is 11.5 Å². The number of anilines is 1. The van der Waals surface area contributed by atoms with Gasteiger partial charge in [-0.15, -0.1) is 0 Å². The largest absolute Gasteiger partial charge is 0.495 e. The molecule has 0 fully saturated rings. The summed E-state index contributed by atoms with van der Waals surface area (Å²) in [5.74, 6) is 0.738. The van der Waals surface area contributed by atoms with Crippen LogP contribution in [0, 0.1) is 10.1 Å². The first-order valence-corrected chi connectivity index (χ1v) is 10.9. The molecule has 7 nitrogen and oxygen atoms in total. The van der Waals surface area contributed by atoms with Gasteiger partial charge in [-0.25, -0.2) is 0 Å². The van der Waals surface area contributed by atoms with Gasteiger partial charge < -0.3 is 9.47 Å². The molecule has 3 aromatic carbocycles. The van der Waals surface area contributed by atoms with Crippen LogP contribution in [0.3, 0.4) is 0 Å². The maximum Gasteiger partial charge on any atom is 0.271 e. The standard InChI is InChI=1S/C26H21ClN2O5/c1-3-34-22-11-4-17(5-12-22)14-19-15-23(18-6-8-20(27)9-7-18)28(26(19)30)24-16-21(29(31)32)10-13-25(24)33-2/h4-16H,3H2,1-2H3/b19-14+. The minimum atomic E-state index is -0.508. The zero-order chi connectivity index (χ0) is 24.2. The third-order valence-corrected chi connectivity index (χ3v) is 5.50. The Morgan fingerprint density at radius 3 is 2.38 bits per heavy atom. The van der Waals surface area contributed by atoms with E-state index in [0.29, 0.717) is 28.6 Å². The van der Waals surface area contributed by atoms with Crippen molar-refractivity contribution in [3.05, 3.63) is 105 Å². The van der Waals surface area contributed by atoms with Crippen molar-refractivity contribution in [3.63, 3.8) is 0 Å². The molecule has 0 atom stereocenters. The van der Waals surface area contributed by atoms with Crippen molar-refractivity contribution in [3.8, 4) is 11.5 Å². The Morgan fingerprint density at radius 2 is 1.76 bits per heavy atom. The van der Waals surface area contributed by atoms with Crippen LogP contribution in [-0.2, 0) is 4.79 Å². The SMILES string of the molecule is CCOc1ccc(/C=C2\C=C(c3ccc(Cl)cc3)N(c3cc([N+](=O)[O-])ccc3OC)C2=O)cc1. The first-order chi connectivity index (χ1) is 16.4. The fraction of sp³-hybridized carbons (Fsp3) is 0.115. The minimum absolute atomic E-state index is 0.150. The summed E-state index contributed by atoms with van der Waals surface area (Å²) in [6, 6.07) is 18.6. The highest BCUT2D eigenvalue weighted by molar-refractivity contribution is 6.30. The van der Waals surface area contributed by atoms with E-state index in [0.717, 1.165) is 16.9 Å². The molecule has 0 aromatic heterocycles. The van der Waals surface area contributed by atoms with Gasteiger partial charge in [0.25, 0.3) is 11.6 Å². The predicted molar refractivity (Wildman–Crippen MR) is 132 cm³/mol. The molecule has 1 amide bonds. The van der Waals surface area contributed by atoms with E-state index in [2.05, 4.69) is 0 Å². The molecule has 0 radical (unpaired) electrons. The van der Waals surface area contributed by atoms with E-state index in [-0.39, 0.29) is 17.3 Å². The quantitative estimate of drug-likeness (QED) is 0.233. The van der Waals surface area contributed by atoms with Crippen LogP contribution in [0.25, 0.3) is 11.8 Å². The van der Waals surface area contributed by atoms with Crippen molar-refractivity contribution >= 4 is 40.7 Å². The van der Waals surface area contributed by atoms with E-state index in [1.807, 2.05) is 31.2 Å². The fourth-order valence-corrected chi connectivity index (χ4v) is 3.79. The Morgan fingerprint density at radius 1 is 1.06 bits per heavy atom. The molecule has 0 aliphatic carbocycles. The molecule has 172 valence electrons. The molecular formula is C26H21ClN2O5. The Bertz CT molecular complexity index is 1300. The van der Waals surface area contributed by atoms with Gasteiger partial charge in [-0.05, 0) is 60.5 Å². The summed E-state index contributed by atoms with van der Waals surface area (Å²) < 4.78 is 10.9. The second-order valence-electron chi connectivity index (χ2n) is 7.39. The van der Waals surface area contributed by atoms with Crippen molar-refractivity contribution < 1.29 is 19.2 Å². The number of carbonyl (C=O) groups is 1. The van der Waals surface area contributed by atoms with Crippen LogP contribution in [0.1, 0.15) is 18.1 Å². The highest BCUT2D eigenvalue weighted by atomic mass is 35.5. The molecule has 0 saturated carbocycles. The Hall–Kier alpha value is -4.10. The fourth-order valence-electron chi connectivity index (χ4n) is 3.66. The third kappa shape index (κ3) is 4.65. The number of nitro groups is 1. The predicted octanol–water partition coefficient (Wildman–Crippen LogP) is 6.13. The van der Waals surface area contributed by atoms with E-state index in [4.69, 9.17) is 21.1 Å². The molecule has 34 heavy (non-hydrogen) atoms. The molecular weight excluding hydrogens is 456 g/mol. The van der Waals surface area contributed by atoms with Crippen molar-refractivity contribution in [2.24, 2.45) is 0 Å². The Labute approximate surface area is 201 Å². The maximum absolute atomic E-state index is 13.6. The zero-order valence-corrected chi connectivity index (χ0v) is 19.3. The number of methoxy groups -OCH3 is 1. The number of nitro benzene ring substituents is 1. The van der Waals surface area contributed by atoms with Crippen LogP contribution >= 0.6 is 11.6 Å². The van der Waals surface area contributed by atoms with Gasteiger partial charge in [0.1, 0.15) is 11.5 Å². The Kier molecular flexibility index (Phi) is 6.65. The van der Waals surface area contributed by atoms with Crippen LogP contribution in [-0.4, -0.2) is 24.5 Å². The summed E-state index contributed by atoms with van der Waals surface area (Å²) in [7, 11) is 1.45. The van der Waals surface area contributed by atoms with Crippen molar-refractivity contribution in [2.45, 2.75) is 6.92 Å². The average Bonchev–Trinajstić information content (AvgIpc) is 3.16. The number of non-ortho nitro benzene ring substituents is 1. The number of hydrogen-bond acceptors (Lipinski definition) is 5. The summed E-state index contributed by atoms with van der Waals surface area (Å²) in [4.78, 5) is 26.0. The van der Waals surface area contributed by atoms with Gasteiger partial charge in [0, 0.05) is 22.7 Å². The van der Waals surface area contributed by atoms with Gasteiger partial charge in [-0.3, -0.25) is 19.8 Å². The van der Waals surface area contributed by atoms with Crippen LogP contribution in [0.2, 0.25) is 5.02 Å². The first kappa shape index (κ1) is 23.1. The van der Waals surface area contributed by atoms with E-state index in [1.54, 1.807) is 36.4 Å². The smallest absolute Gasteiger partial charge is 0.271 e. The van der Waals surface area contributed by atoms with E-state index < -0.39 is 4.92 Å². The monoisotopic (exact) mass is 476 g/mol. The van der Waals surface area contributed by atoms with E-state index >= 15 is 0 Å². The van der Waals surface area contributed by atoms with Crippen LogP contribution < -0.4 is 14.4 Å². The Balaban J connectivity index is 1.83. The first-order valence-electron chi connectivity index (χ1n) is 10.5. The summed E-state index contributed by atoms with van der Waals surface area (Å²) in [5.41, 5.74) is 2.63. The molecule has 3 aromatic rings. The van der Waals surface area contributed by atoms with E-state index in [9.17, 15) is 14.9 Å². The lowest BCUT2D eigenvalue weighted by Crippen LogP contribution is -2.25. The van der Waals surface area contributed by atoms with Crippen molar-refractivity contribution in [1.29, 1.82) is 0 Å².